The Morgan fingerprint density at radius 1 is 1.21 bits per heavy atom. The number of halogens is 1. The molecular formula is C21H28ClN3O4. The number of rotatable bonds is 10. The first-order chi connectivity index (χ1) is 13.5. The van der Waals surface area contributed by atoms with E-state index in [1.165, 1.54) is 0 Å². The molecule has 2 rings (SSSR count). The van der Waals surface area contributed by atoms with E-state index in [-0.39, 0.29) is 44.0 Å². The molecule has 0 saturated heterocycles. The number of aliphatic hydroxyl groups excluding tert-OH is 1. The van der Waals surface area contributed by atoms with Crippen LogP contribution in [0.1, 0.15) is 36.6 Å². The van der Waals surface area contributed by atoms with E-state index in [9.17, 15) is 4.79 Å². The molecule has 0 aliphatic rings. The van der Waals surface area contributed by atoms with E-state index in [1.54, 1.807) is 37.3 Å². The number of carbonyl (C=O) groups is 1. The summed E-state index contributed by atoms with van der Waals surface area (Å²) in [6.07, 6.45) is 0.720. The van der Waals surface area contributed by atoms with Crippen LogP contribution in [-0.2, 0) is 16.0 Å². The van der Waals surface area contributed by atoms with Crippen molar-refractivity contribution < 1.29 is 19.4 Å². The van der Waals surface area contributed by atoms with E-state index in [2.05, 4.69) is 5.32 Å². The van der Waals surface area contributed by atoms with Crippen LogP contribution in [0.4, 0.5) is 5.69 Å². The van der Waals surface area contributed by atoms with Crippen molar-refractivity contribution >= 4 is 29.9 Å². The predicted octanol–water partition coefficient (Wildman–Crippen LogP) is 3.04. The lowest BCUT2D eigenvalue weighted by Gasteiger charge is -2.20. The van der Waals surface area contributed by atoms with E-state index in [0.29, 0.717) is 17.0 Å². The minimum atomic E-state index is -0.694. The SMILES string of the molecule is CCOC(=O)C(Nc1ccc(C(=N)N)cc1)c1ccc(OCCO)c(CC)c1.Cl. The lowest BCUT2D eigenvalue weighted by atomic mass is 10.0. The number of hydrogen-bond donors (Lipinski definition) is 4. The Kier molecular flexibility index (Phi) is 9.99. The van der Waals surface area contributed by atoms with Gasteiger partial charge < -0.3 is 25.6 Å². The van der Waals surface area contributed by atoms with Crippen molar-refractivity contribution in [2.45, 2.75) is 26.3 Å². The van der Waals surface area contributed by atoms with Crippen LogP contribution in [0.25, 0.3) is 0 Å². The second kappa shape index (κ2) is 11.9. The summed E-state index contributed by atoms with van der Waals surface area (Å²) in [4.78, 5) is 12.6. The molecule has 2 aromatic carbocycles. The smallest absolute Gasteiger partial charge is 0.333 e. The molecule has 0 aromatic heterocycles. The van der Waals surface area contributed by atoms with Crippen molar-refractivity contribution in [1.29, 1.82) is 5.41 Å². The number of esters is 1. The van der Waals surface area contributed by atoms with Crippen LogP contribution < -0.4 is 15.8 Å². The van der Waals surface area contributed by atoms with Crippen molar-refractivity contribution in [3.63, 3.8) is 0 Å². The first-order valence-corrected chi connectivity index (χ1v) is 9.24. The third-order valence-electron chi connectivity index (χ3n) is 4.18. The normalized spacial score (nSPS) is 11.1. The number of aryl methyl sites for hydroxylation is 1. The van der Waals surface area contributed by atoms with Gasteiger partial charge in [0.15, 0.2) is 6.04 Å². The van der Waals surface area contributed by atoms with Crippen LogP contribution >= 0.6 is 12.4 Å². The highest BCUT2D eigenvalue weighted by Gasteiger charge is 2.23. The van der Waals surface area contributed by atoms with Crippen molar-refractivity contribution in [2.75, 3.05) is 25.1 Å². The molecule has 0 radical (unpaired) electrons. The quantitative estimate of drug-likeness (QED) is 0.266. The van der Waals surface area contributed by atoms with Gasteiger partial charge in [0.1, 0.15) is 18.2 Å². The molecule has 2 aromatic rings. The first-order valence-electron chi connectivity index (χ1n) is 9.24. The Morgan fingerprint density at radius 3 is 2.45 bits per heavy atom. The van der Waals surface area contributed by atoms with E-state index >= 15 is 0 Å². The van der Waals surface area contributed by atoms with Gasteiger partial charge in [-0.05, 0) is 60.9 Å². The Bertz CT molecular complexity index is 812. The summed E-state index contributed by atoms with van der Waals surface area (Å²) >= 11 is 0. The fourth-order valence-corrected chi connectivity index (χ4v) is 2.77. The zero-order valence-corrected chi connectivity index (χ0v) is 17.4. The van der Waals surface area contributed by atoms with E-state index in [0.717, 1.165) is 17.5 Å². The fourth-order valence-electron chi connectivity index (χ4n) is 2.77. The average molecular weight is 422 g/mol. The number of ether oxygens (including phenoxy) is 2. The second-order valence-electron chi connectivity index (χ2n) is 6.11. The van der Waals surface area contributed by atoms with Crippen LogP contribution in [-0.4, -0.2) is 36.7 Å². The Labute approximate surface area is 177 Å². The van der Waals surface area contributed by atoms with Crippen molar-refractivity contribution in [3.05, 3.63) is 59.2 Å². The third kappa shape index (κ3) is 6.66. The second-order valence-corrected chi connectivity index (χ2v) is 6.11. The molecule has 0 bridgehead atoms. The molecule has 1 atom stereocenters. The summed E-state index contributed by atoms with van der Waals surface area (Å²) in [5, 5.41) is 19.6. The highest BCUT2D eigenvalue weighted by atomic mass is 35.5. The molecule has 5 N–H and O–H groups in total. The van der Waals surface area contributed by atoms with Gasteiger partial charge in [-0.2, -0.15) is 0 Å². The maximum absolute atomic E-state index is 12.6. The summed E-state index contributed by atoms with van der Waals surface area (Å²) in [6.45, 7) is 4.19. The Morgan fingerprint density at radius 2 is 1.90 bits per heavy atom. The van der Waals surface area contributed by atoms with Crippen molar-refractivity contribution in [1.82, 2.24) is 0 Å². The minimum absolute atomic E-state index is 0. The monoisotopic (exact) mass is 421 g/mol. The topological polar surface area (TPSA) is 118 Å². The molecule has 0 fully saturated rings. The molecule has 7 nitrogen and oxygen atoms in total. The van der Waals surface area contributed by atoms with Gasteiger partial charge in [-0.3, -0.25) is 5.41 Å². The molecular weight excluding hydrogens is 394 g/mol. The fraction of sp³-hybridized carbons (Fsp3) is 0.333. The number of carbonyl (C=O) groups excluding carboxylic acids is 1. The molecule has 29 heavy (non-hydrogen) atoms. The molecule has 0 saturated carbocycles. The zero-order chi connectivity index (χ0) is 20.5. The van der Waals surface area contributed by atoms with E-state index in [4.69, 9.17) is 25.7 Å². The zero-order valence-electron chi connectivity index (χ0n) is 16.6. The van der Waals surface area contributed by atoms with Crippen molar-refractivity contribution in [3.8, 4) is 5.75 Å². The largest absolute Gasteiger partial charge is 0.491 e. The van der Waals surface area contributed by atoms with Crippen LogP contribution in [0.3, 0.4) is 0 Å². The summed E-state index contributed by atoms with van der Waals surface area (Å²) in [5.74, 6) is 0.289. The van der Waals surface area contributed by atoms with Crippen molar-refractivity contribution in [2.24, 2.45) is 5.73 Å². The Balaban J connectivity index is 0.00000420. The number of nitrogen functional groups attached to an aromatic ring is 1. The number of nitrogens with two attached hydrogens (primary N) is 1. The molecule has 0 spiro atoms. The molecule has 8 heteroatoms. The minimum Gasteiger partial charge on any atom is -0.491 e. The van der Waals surface area contributed by atoms with Gasteiger partial charge in [0.2, 0.25) is 0 Å². The lowest BCUT2D eigenvalue weighted by Crippen LogP contribution is -2.23. The van der Waals surface area contributed by atoms with Crippen LogP contribution in [0, 0.1) is 5.41 Å². The maximum atomic E-state index is 12.6. The number of amidine groups is 1. The van der Waals surface area contributed by atoms with Crippen LogP contribution in [0.15, 0.2) is 42.5 Å². The van der Waals surface area contributed by atoms with Gasteiger partial charge in [0.05, 0.1) is 13.2 Å². The molecule has 1 unspecified atom stereocenters. The van der Waals surface area contributed by atoms with Crippen LogP contribution in [0.2, 0.25) is 0 Å². The number of nitrogens with one attached hydrogen (secondary N) is 2. The highest BCUT2D eigenvalue weighted by Crippen LogP contribution is 2.27. The standard InChI is InChI=1S/C21H27N3O4.ClH/c1-3-14-13-16(7-10-18(14)28-12-11-25)19(21(26)27-4-2)24-17-8-5-15(6-9-17)20(22)23;/h5-10,13,19,24-25H,3-4,11-12H2,1-2H3,(H3,22,23);1H. The van der Waals surface area contributed by atoms with Crippen LogP contribution in [0.5, 0.6) is 5.75 Å². The maximum Gasteiger partial charge on any atom is 0.333 e. The molecule has 158 valence electrons. The summed E-state index contributed by atoms with van der Waals surface area (Å²) < 4.78 is 10.8. The summed E-state index contributed by atoms with van der Waals surface area (Å²) in [5.41, 5.74) is 8.50. The lowest BCUT2D eigenvalue weighted by molar-refractivity contribution is -0.144. The van der Waals surface area contributed by atoms with E-state index in [1.807, 2.05) is 19.1 Å². The average Bonchev–Trinajstić information content (AvgIpc) is 2.70. The number of aliphatic hydroxyl groups is 1. The molecule has 0 aliphatic carbocycles. The number of hydrogen-bond acceptors (Lipinski definition) is 6. The van der Waals surface area contributed by atoms with Gasteiger partial charge in [-0.15, -0.1) is 12.4 Å². The Hall–Kier alpha value is -2.77. The first kappa shape index (κ1) is 24.3. The van der Waals surface area contributed by atoms with Gasteiger partial charge >= 0.3 is 5.97 Å². The van der Waals surface area contributed by atoms with E-state index < -0.39 is 6.04 Å². The number of benzene rings is 2. The molecule has 0 heterocycles. The van der Waals surface area contributed by atoms with Gasteiger partial charge in [0, 0.05) is 11.3 Å². The van der Waals surface area contributed by atoms with Gasteiger partial charge in [-0.25, -0.2) is 4.79 Å². The molecule has 0 aliphatic heterocycles. The van der Waals surface area contributed by atoms with Gasteiger partial charge in [0.25, 0.3) is 0 Å². The third-order valence-corrected chi connectivity index (χ3v) is 4.18. The summed E-state index contributed by atoms with van der Waals surface area (Å²) in [6, 6.07) is 11.8. The van der Waals surface area contributed by atoms with Gasteiger partial charge in [-0.1, -0.05) is 13.0 Å². The predicted molar refractivity (Wildman–Crippen MR) is 116 cm³/mol. The highest BCUT2D eigenvalue weighted by molar-refractivity contribution is 5.95. The summed E-state index contributed by atoms with van der Waals surface area (Å²) in [7, 11) is 0. The number of anilines is 1. The molecule has 0 amide bonds.